The van der Waals surface area contributed by atoms with Gasteiger partial charge in [0.05, 0.1) is 20.3 Å². The van der Waals surface area contributed by atoms with Crippen molar-refractivity contribution in [3.8, 4) is 11.5 Å². The zero-order valence-electron chi connectivity index (χ0n) is 10.9. The minimum absolute atomic E-state index is 0.334. The van der Waals surface area contributed by atoms with E-state index in [2.05, 4.69) is 5.32 Å². The van der Waals surface area contributed by atoms with E-state index in [1.807, 2.05) is 19.9 Å². The van der Waals surface area contributed by atoms with Crippen molar-refractivity contribution in [2.24, 2.45) is 0 Å². The van der Waals surface area contributed by atoms with E-state index < -0.39 is 6.10 Å². The SMILES string of the molecule is COc1ccc(OC)c([C@H](O)CNC(C)C)c1. The van der Waals surface area contributed by atoms with Crippen molar-refractivity contribution in [2.75, 3.05) is 20.8 Å². The molecule has 1 rings (SSSR count). The van der Waals surface area contributed by atoms with Crippen LogP contribution in [0.3, 0.4) is 0 Å². The molecule has 0 fully saturated rings. The van der Waals surface area contributed by atoms with Crippen LogP contribution in [0.25, 0.3) is 0 Å². The molecule has 0 aromatic heterocycles. The van der Waals surface area contributed by atoms with Gasteiger partial charge in [0, 0.05) is 18.2 Å². The molecule has 4 heteroatoms. The monoisotopic (exact) mass is 239 g/mol. The molecule has 0 bridgehead atoms. The van der Waals surface area contributed by atoms with E-state index in [0.717, 1.165) is 5.56 Å². The molecule has 4 nitrogen and oxygen atoms in total. The first-order valence-corrected chi connectivity index (χ1v) is 5.71. The van der Waals surface area contributed by atoms with Gasteiger partial charge in [0.25, 0.3) is 0 Å². The average molecular weight is 239 g/mol. The maximum absolute atomic E-state index is 10.1. The summed E-state index contributed by atoms with van der Waals surface area (Å²) in [5, 5.41) is 13.3. The van der Waals surface area contributed by atoms with Crippen LogP contribution in [0.15, 0.2) is 18.2 Å². The molecule has 0 unspecified atom stereocenters. The number of methoxy groups -OCH3 is 2. The minimum Gasteiger partial charge on any atom is -0.497 e. The number of rotatable bonds is 6. The lowest BCUT2D eigenvalue weighted by Crippen LogP contribution is -2.28. The third-order valence-corrected chi connectivity index (χ3v) is 2.52. The van der Waals surface area contributed by atoms with Gasteiger partial charge in [-0.25, -0.2) is 0 Å². The molecule has 0 radical (unpaired) electrons. The topological polar surface area (TPSA) is 50.7 Å². The molecule has 2 N–H and O–H groups in total. The third-order valence-electron chi connectivity index (χ3n) is 2.52. The quantitative estimate of drug-likeness (QED) is 0.794. The first-order chi connectivity index (χ1) is 8.08. The molecule has 0 aliphatic rings. The van der Waals surface area contributed by atoms with Crippen LogP contribution in [0.4, 0.5) is 0 Å². The highest BCUT2D eigenvalue weighted by Crippen LogP contribution is 2.29. The van der Waals surface area contributed by atoms with Crippen LogP contribution in [-0.2, 0) is 0 Å². The van der Waals surface area contributed by atoms with Crippen LogP contribution in [-0.4, -0.2) is 31.9 Å². The number of hydrogen-bond acceptors (Lipinski definition) is 4. The lowest BCUT2D eigenvalue weighted by atomic mass is 10.1. The van der Waals surface area contributed by atoms with Gasteiger partial charge in [-0.2, -0.15) is 0 Å². The molecular formula is C13H21NO3. The molecule has 0 aliphatic carbocycles. The lowest BCUT2D eigenvalue weighted by Gasteiger charge is -2.17. The number of benzene rings is 1. The summed E-state index contributed by atoms with van der Waals surface area (Å²) in [6.45, 7) is 4.56. The molecule has 0 saturated carbocycles. The van der Waals surface area contributed by atoms with Crippen molar-refractivity contribution in [1.82, 2.24) is 5.32 Å². The van der Waals surface area contributed by atoms with E-state index in [4.69, 9.17) is 9.47 Å². The Bertz CT molecular complexity index is 353. The van der Waals surface area contributed by atoms with Gasteiger partial charge in [-0.1, -0.05) is 13.8 Å². The molecule has 1 atom stereocenters. The molecule has 0 aliphatic heterocycles. The zero-order chi connectivity index (χ0) is 12.8. The van der Waals surface area contributed by atoms with Crippen LogP contribution in [0.1, 0.15) is 25.5 Å². The van der Waals surface area contributed by atoms with Crippen molar-refractivity contribution in [1.29, 1.82) is 0 Å². The Hall–Kier alpha value is -1.26. The van der Waals surface area contributed by atoms with Gasteiger partial charge in [0.1, 0.15) is 11.5 Å². The fourth-order valence-corrected chi connectivity index (χ4v) is 1.56. The van der Waals surface area contributed by atoms with Crippen LogP contribution >= 0.6 is 0 Å². The van der Waals surface area contributed by atoms with Gasteiger partial charge in [0.2, 0.25) is 0 Å². The average Bonchev–Trinajstić information content (AvgIpc) is 2.34. The summed E-state index contributed by atoms with van der Waals surface area (Å²) in [5.74, 6) is 1.38. The summed E-state index contributed by atoms with van der Waals surface area (Å²) >= 11 is 0. The second-order valence-electron chi connectivity index (χ2n) is 4.19. The molecule has 0 spiro atoms. The molecule has 1 aromatic rings. The summed E-state index contributed by atoms with van der Waals surface area (Å²) in [7, 11) is 3.19. The molecule has 17 heavy (non-hydrogen) atoms. The van der Waals surface area contributed by atoms with Gasteiger partial charge >= 0.3 is 0 Å². The van der Waals surface area contributed by atoms with Gasteiger partial charge < -0.3 is 19.9 Å². The van der Waals surface area contributed by atoms with E-state index in [-0.39, 0.29) is 0 Å². The van der Waals surface area contributed by atoms with Crippen LogP contribution in [0, 0.1) is 0 Å². The molecule has 96 valence electrons. The van der Waals surface area contributed by atoms with Crippen molar-refractivity contribution in [3.05, 3.63) is 23.8 Å². The van der Waals surface area contributed by atoms with Crippen LogP contribution in [0.2, 0.25) is 0 Å². The first-order valence-electron chi connectivity index (χ1n) is 5.71. The normalized spacial score (nSPS) is 12.6. The Balaban J connectivity index is 2.85. The number of ether oxygens (including phenoxy) is 2. The van der Waals surface area contributed by atoms with E-state index in [9.17, 15) is 5.11 Å². The predicted molar refractivity (Wildman–Crippen MR) is 67.6 cm³/mol. The summed E-state index contributed by atoms with van der Waals surface area (Å²) in [4.78, 5) is 0. The Morgan fingerprint density at radius 3 is 2.47 bits per heavy atom. The van der Waals surface area contributed by atoms with Crippen molar-refractivity contribution >= 4 is 0 Å². The number of aliphatic hydroxyl groups is 1. The van der Waals surface area contributed by atoms with Crippen molar-refractivity contribution in [2.45, 2.75) is 26.0 Å². The summed E-state index contributed by atoms with van der Waals surface area (Å²) in [6.07, 6.45) is -0.609. The second-order valence-corrected chi connectivity index (χ2v) is 4.19. The van der Waals surface area contributed by atoms with Crippen molar-refractivity contribution in [3.63, 3.8) is 0 Å². The fraction of sp³-hybridized carbons (Fsp3) is 0.538. The Morgan fingerprint density at radius 2 is 1.94 bits per heavy atom. The molecule has 0 saturated heterocycles. The van der Waals surface area contributed by atoms with Crippen molar-refractivity contribution < 1.29 is 14.6 Å². The smallest absolute Gasteiger partial charge is 0.124 e. The maximum Gasteiger partial charge on any atom is 0.124 e. The first kappa shape index (κ1) is 13.8. The lowest BCUT2D eigenvalue weighted by molar-refractivity contribution is 0.167. The van der Waals surface area contributed by atoms with E-state index in [0.29, 0.717) is 24.1 Å². The third kappa shape index (κ3) is 3.91. The molecule has 0 heterocycles. The Morgan fingerprint density at radius 1 is 1.24 bits per heavy atom. The highest BCUT2D eigenvalue weighted by molar-refractivity contribution is 5.41. The number of nitrogens with one attached hydrogen (secondary N) is 1. The zero-order valence-corrected chi connectivity index (χ0v) is 10.9. The largest absolute Gasteiger partial charge is 0.497 e. The maximum atomic E-state index is 10.1. The van der Waals surface area contributed by atoms with Gasteiger partial charge in [0.15, 0.2) is 0 Å². The van der Waals surface area contributed by atoms with Crippen LogP contribution < -0.4 is 14.8 Å². The Kier molecular flexibility index (Phi) is 5.25. The summed E-state index contributed by atoms with van der Waals surface area (Å²) < 4.78 is 10.4. The second kappa shape index (κ2) is 6.47. The van der Waals surface area contributed by atoms with Gasteiger partial charge in [-0.3, -0.25) is 0 Å². The number of aliphatic hydroxyl groups excluding tert-OH is 1. The van der Waals surface area contributed by atoms with Gasteiger partial charge in [-0.15, -0.1) is 0 Å². The number of hydrogen-bond donors (Lipinski definition) is 2. The minimum atomic E-state index is -0.609. The van der Waals surface area contributed by atoms with E-state index >= 15 is 0 Å². The molecular weight excluding hydrogens is 218 g/mol. The fourth-order valence-electron chi connectivity index (χ4n) is 1.56. The van der Waals surface area contributed by atoms with Crippen LogP contribution in [0.5, 0.6) is 11.5 Å². The molecule has 1 aromatic carbocycles. The highest BCUT2D eigenvalue weighted by atomic mass is 16.5. The standard InChI is InChI=1S/C13H21NO3/c1-9(2)14-8-12(15)11-7-10(16-3)5-6-13(11)17-4/h5-7,9,12,14-15H,8H2,1-4H3/t12-/m1/s1. The summed E-state index contributed by atoms with van der Waals surface area (Å²) in [5.41, 5.74) is 0.736. The molecule has 0 amide bonds. The van der Waals surface area contributed by atoms with Gasteiger partial charge in [-0.05, 0) is 18.2 Å². The van der Waals surface area contributed by atoms with E-state index in [1.54, 1.807) is 26.4 Å². The predicted octanol–water partition coefficient (Wildman–Crippen LogP) is 1.74. The van der Waals surface area contributed by atoms with E-state index in [1.165, 1.54) is 0 Å². The summed E-state index contributed by atoms with van der Waals surface area (Å²) in [6, 6.07) is 5.74. The Labute approximate surface area is 103 Å². The highest BCUT2D eigenvalue weighted by Gasteiger charge is 2.14.